The van der Waals surface area contributed by atoms with Gasteiger partial charge in [-0.05, 0) is 39.5 Å². The van der Waals surface area contributed by atoms with Crippen molar-refractivity contribution >= 4 is 56.4 Å². The first kappa shape index (κ1) is 15.0. The molecule has 104 valence electrons. The van der Waals surface area contributed by atoms with Crippen LogP contribution in [0.25, 0.3) is 0 Å². The fraction of sp³-hybridized carbons (Fsp3) is 0.0769. The minimum atomic E-state index is -0.490. The second-order valence-electron chi connectivity index (χ2n) is 3.71. The smallest absolute Gasteiger partial charge is 0.350 e. The molecule has 1 amide bonds. The number of thiophene rings is 1. The zero-order chi connectivity index (χ0) is 14.7. The summed E-state index contributed by atoms with van der Waals surface area (Å²) in [4.78, 5) is 24.1. The van der Waals surface area contributed by atoms with Gasteiger partial charge in [0, 0.05) is 4.47 Å². The Morgan fingerprint density at radius 3 is 2.80 bits per heavy atom. The average Bonchev–Trinajstić information content (AvgIpc) is 2.89. The molecule has 0 saturated heterocycles. The molecule has 0 fully saturated rings. The number of nitrogens with one attached hydrogen (secondary N) is 1. The van der Waals surface area contributed by atoms with Crippen LogP contribution in [0.2, 0.25) is 5.02 Å². The van der Waals surface area contributed by atoms with Crippen molar-refractivity contribution in [2.24, 2.45) is 0 Å². The Balaban J connectivity index is 2.27. The lowest BCUT2D eigenvalue weighted by Crippen LogP contribution is -2.14. The van der Waals surface area contributed by atoms with Gasteiger partial charge in [-0.3, -0.25) is 4.79 Å². The number of hydrogen-bond donors (Lipinski definition) is 1. The molecule has 4 nitrogen and oxygen atoms in total. The highest BCUT2D eigenvalue weighted by molar-refractivity contribution is 9.10. The molecule has 0 bridgehead atoms. The predicted molar refractivity (Wildman–Crippen MR) is 82.8 cm³/mol. The molecule has 0 aliphatic rings. The van der Waals surface area contributed by atoms with Gasteiger partial charge in [0.15, 0.2) is 0 Å². The Hall–Kier alpha value is -1.37. The van der Waals surface area contributed by atoms with Crippen molar-refractivity contribution in [2.45, 2.75) is 0 Å². The van der Waals surface area contributed by atoms with Crippen LogP contribution in [-0.4, -0.2) is 19.0 Å². The maximum atomic E-state index is 12.2. The van der Waals surface area contributed by atoms with Crippen molar-refractivity contribution < 1.29 is 14.3 Å². The van der Waals surface area contributed by atoms with E-state index >= 15 is 0 Å². The Morgan fingerprint density at radius 1 is 1.35 bits per heavy atom. The number of amides is 1. The second-order valence-corrected chi connectivity index (χ2v) is 5.86. The summed E-state index contributed by atoms with van der Waals surface area (Å²) < 4.78 is 5.28. The Labute approximate surface area is 132 Å². The summed E-state index contributed by atoms with van der Waals surface area (Å²) >= 11 is 10.5. The second kappa shape index (κ2) is 6.39. The molecule has 20 heavy (non-hydrogen) atoms. The van der Waals surface area contributed by atoms with Crippen molar-refractivity contribution in [3.8, 4) is 0 Å². The number of anilines is 1. The van der Waals surface area contributed by atoms with Crippen molar-refractivity contribution in [1.82, 2.24) is 0 Å². The number of hydrogen-bond acceptors (Lipinski definition) is 4. The summed E-state index contributed by atoms with van der Waals surface area (Å²) in [5.74, 6) is -0.879. The quantitative estimate of drug-likeness (QED) is 0.819. The Kier molecular flexibility index (Phi) is 4.80. The van der Waals surface area contributed by atoms with Crippen LogP contribution in [0.3, 0.4) is 0 Å². The molecule has 0 radical (unpaired) electrons. The van der Waals surface area contributed by atoms with Crippen LogP contribution in [0.15, 0.2) is 34.1 Å². The maximum Gasteiger partial charge on any atom is 0.350 e. The first-order chi connectivity index (χ1) is 9.54. The molecule has 1 N–H and O–H groups in total. The Morgan fingerprint density at radius 2 is 2.10 bits per heavy atom. The zero-order valence-electron chi connectivity index (χ0n) is 10.3. The minimum absolute atomic E-state index is 0.319. The summed E-state index contributed by atoms with van der Waals surface area (Å²) in [5, 5.41) is 4.67. The van der Waals surface area contributed by atoms with Gasteiger partial charge >= 0.3 is 5.97 Å². The number of halogens is 2. The van der Waals surface area contributed by atoms with Crippen molar-refractivity contribution in [2.75, 3.05) is 12.4 Å². The molecule has 1 heterocycles. The fourth-order valence-electron chi connectivity index (χ4n) is 1.53. The van der Waals surface area contributed by atoms with E-state index in [2.05, 4.69) is 26.0 Å². The first-order valence-electron chi connectivity index (χ1n) is 5.45. The molecule has 0 aliphatic carbocycles. The average molecular weight is 375 g/mol. The first-order valence-corrected chi connectivity index (χ1v) is 7.51. The van der Waals surface area contributed by atoms with Gasteiger partial charge in [0.2, 0.25) is 0 Å². The number of carbonyl (C=O) groups is 2. The van der Waals surface area contributed by atoms with E-state index in [0.717, 1.165) is 0 Å². The highest BCUT2D eigenvalue weighted by atomic mass is 79.9. The van der Waals surface area contributed by atoms with Gasteiger partial charge in [-0.25, -0.2) is 4.79 Å². The zero-order valence-corrected chi connectivity index (χ0v) is 13.4. The third-order valence-electron chi connectivity index (χ3n) is 2.48. The van der Waals surface area contributed by atoms with E-state index in [0.29, 0.717) is 25.6 Å². The number of carbonyl (C=O) groups excluding carboxylic acids is 2. The van der Waals surface area contributed by atoms with Gasteiger partial charge in [-0.2, -0.15) is 0 Å². The topological polar surface area (TPSA) is 55.4 Å². The fourth-order valence-corrected chi connectivity index (χ4v) is 2.87. The summed E-state index contributed by atoms with van der Waals surface area (Å²) in [6.45, 7) is 0. The van der Waals surface area contributed by atoms with Crippen LogP contribution < -0.4 is 5.32 Å². The SMILES string of the molecule is COC(=O)c1sccc1NC(=O)c1cccc(Br)c1Cl. The molecule has 0 saturated carbocycles. The summed E-state index contributed by atoms with van der Waals surface area (Å²) in [6.07, 6.45) is 0. The van der Waals surface area contributed by atoms with Crippen molar-refractivity contribution in [1.29, 1.82) is 0 Å². The summed E-state index contributed by atoms with van der Waals surface area (Å²) in [6, 6.07) is 6.69. The third kappa shape index (κ3) is 3.03. The number of methoxy groups -OCH3 is 1. The lowest BCUT2D eigenvalue weighted by molar-refractivity contribution is 0.0607. The van der Waals surface area contributed by atoms with E-state index in [1.807, 2.05) is 0 Å². The van der Waals surface area contributed by atoms with Gasteiger partial charge in [0.25, 0.3) is 5.91 Å². The largest absolute Gasteiger partial charge is 0.465 e. The molecule has 0 spiro atoms. The lowest BCUT2D eigenvalue weighted by atomic mass is 10.2. The van der Waals surface area contributed by atoms with Crippen molar-refractivity contribution in [3.05, 3.63) is 49.6 Å². The van der Waals surface area contributed by atoms with E-state index in [1.165, 1.54) is 18.4 Å². The van der Waals surface area contributed by atoms with Crippen LogP contribution in [-0.2, 0) is 4.74 Å². The molecule has 0 unspecified atom stereocenters. The van der Waals surface area contributed by atoms with E-state index in [-0.39, 0.29) is 5.91 Å². The Bertz CT molecular complexity index is 671. The molecule has 0 atom stereocenters. The normalized spacial score (nSPS) is 10.2. The van der Waals surface area contributed by atoms with Crippen LogP contribution in [0.4, 0.5) is 5.69 Å². The molecular formula is C13H9BrClNO3S. The summed E-state index contributed by atoms with van der Waals surface area (Å²) in [7, 11) is 1.29. The van der Waals surface area contributed by atoms with E-state index in [1.54, 1.807) is 29.6 Å². The van der Waals surface area contributed by atoms with Crippen LogP contribution in [0, 0.1) is 0 Å². The van der Waals surface area contributed by atoms with Crippen LogP contribution in [0.5, 0.6) is 0 Å². The minimum Gasteiger partial charge on any atom is -0.465 e. The predicted octanol–water partition coefficient (Wildman–Crippen LogP) is 4.20. The summed E-state index contributed by atoms with van der Waals surface area (Å²) in [5.41, 5.74) is 0.728. The number of esters is 1. The standard InChI is InChI=1S/C13H9BrClNO3S/c1-19-13(18)11-9(5-6-20-11)16-12(17)7-3-2-4-8(14)10(7)15/h2-6H,1H3,(H,16,17). The number of ether oxygens (including phenoxy) is 1. The van der Waals surface area contributed by atoms with Gasteiger partial charge in [0.1, 0.15) is 4.88 Å². The van der Waals surface area contributed by atoms with Gasteiger partial charge in [-0.1, -0.05) is 17.7 Å². The van der Waals surface area contributed by atoms with E-state index in [9.17, 15) is 9.59 Å². The van der Waals surface area contributed by atoms with Crippen LogP contribution >= 0.6 is 38.9 Å². The molecule has 0 aliphatic heterocycles. The van der Waals surface area contributed by atoms with Gasteiger partial charge in [0.05, 0.1) is 23.4 Å². The van der Waals surface area contributed by atoms with Crippen molar-refractivity contribution in [3.63, 3.8) is 0 Å². The number of rotatable bonds is 3. The molecule has 7 heteroatoms. The van der Waals surface area contributed by atoms with E-state index < -0.39 is 5.97 Å². The molecular weight excluding hydrogens is 366 g/mol. The molecule has 1 aromatic carbocycles. The monoisotopic (exact) mass is 373 g/mol. The van der Waals surface area contributed by atoms with E-state index in [4.69, 9.17) is 11.6 Å². The molecule has 1 aromatic heterocycles. The third-order valence-corrected chi connectivity index (χ3v) is 4.67. The van der Waals surface area contributed by atoms with Gasteiger partial charge < -0.3 is 10.1 Å². The van der Waals surface area contributed by atoms with Crippen LogP contribution in [0.1, 0.15) is 20.0 Å². The maximum absolute atomic E-state index is 12.2. The highest BCUT2D eigenvalue weighted by Gasteiger charge is 2.18. The lowest BCUT2D eigenvalue weighted by Gasteiger charge is -2.07. The molecule has 2 aromatic rings. The molecule has 2 rings (SSSR count). The highest BCUT2D eigenvalue weighted by Crippen LogP contribution is 2.28. The number of benzene rings is 1. The van der Waals surface area contributed by atoms with Gasteiger partial charge in [-0.15, -0.1) is 11.3 Å².